The van der Waals surface area contributed by atoms with Crippen LogP contribution in [0.3, 0.4) is 0 Å². The van der Waals surface area contributed by atoms with Crippen LogP contribution >= 0.6 is 0 Å². The Hall–Kier alpha value is -1.63. The zero-order chi connectivity index (χ0) is 24.3. The quantitative estimate of drug-likeness (QED) is 0.233. The number of likely N-dealkylation sites (tertiary alicyclic amines) is 1. The van der Waals surface area contributed by atoms with E-state index in [2.05, 4.69) is 12.2 Å². The van der Waals surface area contributed by atoms with E-state index >= 15 is 0 Å². The fourth-order valence-corrected chi connectivity index (χ4v) is 4.64. The summed E-state index contributed by atoms with van der Waals surface area (Å²) >= 11 is 0. The smallest absolute Gasteiger partial charge is 0.248 e. The SMILES string of the molecule is CCCCCCCCCCCCCCCCCC(=O)N[C@H](CO)C(=O)N1CCC[C@H]1C(N)=O. The Labute approximate surface area is 201 Å². The molecule has 1 rings (SSSR count). The molecule has 1 heterocycles. The van der Waals surface area contributed by atoms with Crippen molar-refractivity contribution in [2.75, 3.05) is 13.2 Å². The second-order valence-corrected chi connectivity index (χ2v) is 9.59. The van der Waals surface area contributed by atoms with E-state index in [-0.39, 0.29) is 5.91 Å². The molecule has 0 aromatic rings. The Morgan fingerprint density at radius 1 is 0.879 bits per heavy atom. The molecule has 0 aromatic carbocycles. The first-order valence-corrected chi connectivity index (χ1v) is 13.5. The van der Waals surface area contributed by atoms with Gasteiger partial charge in [-0.05, 0) is 19.3 Å². The molecule has 7 nitrogen and oxygen atoms in total. The lowest BCUT2D eigenvalue weighted by molar-refractivity contribution is -0.141. The lowest BCUT2D eigenvalue weighted by Gasteiger charge is -2.26. The van der Waals surface area contributed by atoms with Crippen molar-refractivity contribution in [2.24, 2.45) is 5.73 Å². The summed E-state index contributed by atoms with van der Waals surface area (Å²) in [5.41, 5.74) is 5.36. The molecule has 0 aliphatic carbocycles. The van der Waals surface area contributed by atoms with E-state index in [4.69, 9.17) is 5.73 Å². The van der Waals surface area contributed by atoms with E-state index in [1.165, 1.54) is 81.9 Å². The van der Waals surface area contributed by atoms with E-state index in [0.29, 0.717) is 25.8 Å². The molecule has 0 radical (unpaired) electrons. The first-order valence-electron chi connectivity index (χ1n) is 13.5. The van der Waals surface area contributed by atoms with Gasteiger partial charge in [0.1, 0.15) is 12.1 Å². The van der Waals surface area contributed by atoms with Crippen LogP contribution in [0.1, 0.15) is 122 Å². The largest absolute Gasteiger partial charge is 0.394 e. The van der Waals surface area contributed by atoms with Gasteiger partial charge < -0.3 is 21.1 Å². The Kier molecular flexibility index (Phi) is 16.7. The molecule has 7 heteroatoms. The van der Waals surface area contributed by atoms with Crippen molar-refractivity contribution in [3.8, 4) is 0 Å². The maximum absolute atomic E-state index is 12.6. The summed E-state index contributed by atoms with van der Waals surface area (Å²) in [7, 11) is 0. The lowest BCUT2D eigenvalue weighted by Crippen LogP contribution is -2.54. The Morgan fingerprint density at radius 3 is 1.82 bits per heavy atom. The summed E-state index contributed by atoms with van der Waals surface area (Å²) in [5, 5.41) is 12.2. The highest BCUT2D eigenvalue weighted by atomic mass is 16.3. The van der Waals surface area contributed by atoms with Crippen LogP contribution in [-0.4, -0.2) is 53.0 Å². The number of carbonyl (C=O) groups excluding carboxylic acids is 3. The van der Waals surface area contributed by atoms with E-state index in [0.717, 1.165) is 19.3 Å². The van der Waals surface area contributed by atoms with Crippen LogP contribution in [0.25, 0.3) is 0 Å². The highest BCUT2D eigenvalue weighted by Gasteiger charge is 2.36. The van der Waals surface area contributed by atoms with Crippen molar-refractivity contribution in [2.45, 2.75) is 135 Å². The number of nitrogens with zero attached hydrogens (tertiary/aromatic N) is 1. The van der Waals surface area contributed by atoms with Gasteiger partial charge in [0.15, 0.2) is 0 Å². The number of nitrogens with two attached hydrogens (primary N) is 1. The third-order valence-corrected chi connectivity index (χ3v) is 6.69. The molecular formula is C26H49N3O4. The lowest BCUT2D eigenvalue weighted by atomic mass is 10.0. The molecule has 4 N–H and O–H groups in total. The van der Waals surface area contributed by atoms with Gasteiger partial charge in [0.25, 0.3) is 0 Å². The van der Waals surface area contributed by atoms with Gasteiger partial charge in [0.05, 0.1) is 6.61 Å². The molecule has 0 spiro atoms. The second kappa shape index (κ2) is 18.8. The third kappa shape index (κ3) is 13.0. The van der Waals surface area contributed by atoms with E-state index in [1.807, 2.05) is 0 Å². The van der Waals surface area contributed by atoms with E-state index < -0.39 is 30.5 Å². The number of hydrogen-bond donors (Lipinski definition) is 3. The second-order valence-electron chi connectivity index (χ2n) is 9.59. The van der Waals surface area contributed by atoms with Crippen molar-refractivity contribution in [3.05, 3.63) is 0 Å². The van der Waals surface area contributed by atoms with E-state index in [9.17, 15) is 19.5 Å². The number of unbranched alkanes of at least 4 members (excludes halogenated alkanes) is 14. The van der Waals surface area contributed by atoms with Gasteiger partial charge in [-0.2, -0.15) is 0 Å². The van der Waals surface area contributed by atoms with Crippen LogP contribution in [0.15, 0.2) is 0 Å². The predicted octanol–water partition coefficient (Wildman–Crippen LogP) is 4.20. The van der Waals surface area contributed by atoms with Crippen molar-refractivity contribution >= 4 is 17.7 Å². The number of primary amides is 1. The van der Waals surface area contributed by atoms with Crippen LogP contribution in [0.4, 0.5) is 0 Å². The van der Waals surface area contributed by atoms with Gasteiger partial charge in [0.2, 0.25) is 17.7 Å². The number of aliphatic hydroxyl groups is 1. The molecule has 192 valence electrons. The summed E-state index contributed by atoms with van der Waals surface area (Å²) in [5.74, 6) is -1.20. The molecule has 2 atom stereocenters. The highest BCUT2D eigenvalue weighted by Crippen LogP contribution is 2.18. The molecule has 3 amide bonds. The number of rotatable bonds is 20. The number of nitrogens with one attached hydrogen (secondary N) is 1. The summed E-state index contributed by atoms with van der Waals surface area (Å²) < 4.78 is 0. The van der Waals surface area contributed by atoms with Crippen molar-refractivity contribution in [3.63, 3.8) is 0 Å². The summed E-state index contributed by atoms with van der Waals surface area (Å²) in [6.07, 6.45) is 20.6. The van der Waals surface area contributed by atoms with Gasteiger partial charge >= 0.3 is 0 Å². The average molecular weight is 468 g/mol. The maximum Gasteiger partial charge on any atom is 0.248 e. The normalized spacial score (nSPS) is 16.7. The van der Waals surface area contributed by atoms with E-state index in [1.54, 1.807) is 0 Å². The van der Waals surface area contributed by atoms with Gasteiger partial charge in [-0.15, -0.1) is 0 Å². The maximum atomic E-state index is 12.6. The summed E-state index contributed by atoms with van der Waals surface area (Å²) in [6, 6.07) is -1.65. The summed E-state index contributed by atoms with van der Waals surface area (Å²) in [4.78, 5) is 37.7. The minimum absolute atomic E-state index is 0.230. The van der Waals surface area contributed by atoms with Gasteiger partial charge in [-0.3, -0.25) is 14.4 Å². The predicted molar refractivity (Wildman–Crippen MR) is 132 cm³/mol. The van der Waals surface area contributed by atoms with Crippen LogP contribution in [0.2, 0.25) is 0 Å². The van der Waals surface area contributed by atoms with Crippen LogP contribution in [0.5, 0.6) is 0 Å². The monoisotopic (exact) mass is 467 g/mol. The zero-order valence-electron chi connectivity index (χ0n) is 21.0. The molecule has 0 aromatic heterocycles. The fraction of sp³-hybridized carbons (Fsp3) is 0.885. The molecule has 1 fully saturated rings. The highest BCUT2D eigenvalue weighted by molar-refractivity contribution is 5.92. The minimum atomic E-state index is -1.01. The minimum Gasteiger partial charge on any atom is -0.394 e. The topological polar surface area (TPSA) is 113 Å². The zero-order valence-corrected chi connectivity index (χ0v) is 21.0. The Bertz CT molecular complexity index is 556. The molecule has 33 heavy (non-hydrogen) atoms. The molecule has 0 bridgehead atoms. The third-order valence-electron chi connectivity index (χ3n) is 6.69. The van der Waals surface area contributed by atoms with Gasteiger partial charge in [-0.25, -0.2) is 0 Å². The van der Waals surface area contributed by atoms with Crippen LogP contribution < -0.4 is 11.1 Å². The fourth-order valence-electron chi connectivity index (χ4n) is 4.64. The Balaban J connectivity index is 2.01. The standard InChI is InChI=1S/C26H49N3O4/c1-2-3-4-5-6-7-8-9-10-11-12-13-14-15-16-19-24(31)28-22(21-30)26(33)29-20-17-18-23(29)25(27)32/h22-23,30H,2-21H2,1H3,(H2,27,32)(H,28,31)/t22-,23+/m1/s1. The van der Waals surface area contributed by atoms with Gasteiger partial charge in [0, 0.05) is 13.0 Å². The van der Waals surface area contributed by atoms with Crippen molar-refractivity contribution < 1.29 is 19.5 Å². The first kappa shape index (κ1) is 29.4. The average Bonchev–Trinajstić information content (AvgIpc) is 3.30. The number of aliphatic hydroxyl groups excluding tert-OH is 1. The van der Waals surface area contributed by atoms with Gasteiger partial charge in [-0.1, -0.05) is 96.8 Å². The Morgan fingerprint density at radius 2 is 1.36 bits per heavy atom. The first-order chi connectivity index (χ1) is 16.0. The number of hydrogen-bond acceptors (Lipinski definition) is 4. The molecule has 1 aliphatic heterocycles. The molecular weight excluding hydrogens is 418 g/mol. The number of carbonyl (C=O) groups is 3. The van der Waals surface area contributed by atoms with Crippen LogP contribution in [0, 0.1) is 0 Å². The molecule has 0 unspecified atom stereocenters. The van der Waals surface area contributed by atoms with Crippen molar-refractivity contribution in [1.82, 2.24) is 10.2 Å². The molecule has 0 saturated carbocycles. The molecule has 1 saturated heterocycles. The molecule has 1 aliphatic rings. The van der Waals surface area contributed by atoms with Crippen LogP contribution in [-0.2, 0) is 14.4 Å². The number of amides is 3. The summed E-state index contributed by atoms with van der Waals surface area (Å²) in [6.45, 7) is 2.21. The van der Waals surface area contributed by atoms with Crippen molar-refractivity contribution in [1.29, 1.82) is 0 Å².